The quantitative estimate of drug-likeness (QED) is 0.759. The van der Waals surface area contributed by atoms with E-state index < -0.39 is 0 Å². The van der Waals surface area contributed by atoms with Crippen molar-refractivity contribution in [1.29, 1.82) is 0 Å². The summed E-state index contributed by atoms with van der Waals surface area (Å²) in [5, 5.41) is 0. The second-order valence-corrected chi connectivity index (χ2v) is 5.22. The zero-order chi connectivity index (χ0) is 12.3. The third kappa shape index (κ3) is 2.92. The molecule has 2 nitrogen and oxygen atoms in total. The first-order valence-electron chi connectivity index (χ1n) is 6.47. The molecule has 2 rings (SSSR count). The van der Waals surface area contributed by atoms with E-state index in [1.54, 1.807) is 0 Å². The smallest absolute Gasteiger partial charge is 0.128 e. The Labute approximate surface area is 109 Å². The molecule has 0 unspecified atom stereocenters. The van der Waals surface area contributed by atoms with Gasteiger partial charge in [0.2, 0.25) is 0 Å². The van der Waals surface area contributed by atoms with Gasteiger partial charge in [0.1, 0.15) is 5.82 Å². The van der Waals surface area contributed by atoms with Gasteiger partial charge in [-0.15, -0.1) is 11.6 Å². The van der Waals surface area contributed by atoms with Gasteiger partial charge < -0.3 is 4.90 Å². The predicted octanol–water partition coefficient (Wildman–Crippen LogP) is 3.90. The van der Waals surface area contributed by atoms with Crippen molar-refractivity contribution in [2.45, 2.75) is 50.9 Å². The first-order chi connectivity index (χ1) is 8.22. The molecule has 1 heterocycles. The van der Waals surface area contributed by atoms with Crippen molar-refractivity contribution in [2.24, 2.45) is 0 Å². The maximum atomic E-state index is 5.86. The van der Waals surface area contributed by atoms with Gasteiger partial charge in [0.05, 0.1) is 0 Å². The van der Waals surface area contributed by atoms with Crippen LogP contribution in [-0.4, -0.2) is 18.1 Å². The molecule has 0 aliphatic heterocycles. The number of halogens is 1. The first-order valence-corrected chi connectivity index (χ1v) is 7.01. The van der Waals surface area contributed by atoms with Gasteiger partial charge in [-0.25, -0.2) is 4.98 Å². The van der Waals surface area contributed by atoms with Crippen molar-refractivity contribution in [2.75, 3.05) is 11.9 Å². The number of aromatic nitrogens is 1. The fraction of sp³-hybridized carbons (Fsp3) is 0.643. The number of hydrogen-bond acceptors (Lipinski definition) is 2. The summed E-state index contributed by atoms with van der Waals surface area (Å²) in [4.78, 5) is 7.00. The van der Waals surface area contributed by atoms with E-state index >= 15 is 0 Å². The number of nitrogens with zero attached hydrogens (tertiary/aromatic N) is 2. The van der Waals surface area contributed by atoms with Crippen LogP contribution in [0.3, 0.4) is 0 Å². The maximum Gasteiger partial charge on any atom is 0.128 e. The van der Waals surface area contributed by atoms with E-state index in [2.05, 4.69) is 29.1 Å². The minimum atomic E-state index is 0.548. The van der Waals surface area contributed by atoms with Gasteiger partial charge in [-0.3, -0.25) is 0 Å². The van der Waals surface area contributed by atoms with Gasteiger partial charge in [0.25, 0.3) is 0 Å². The van der Waals surface area contributed by atoms with Crippen molar-refractivity contribution >= 4 is 17.4 Å². The van der Waals surface area contributed by atoms with Crippen molar-refractivity contribution in [1.82, 2.24) is 4.98 Å². The zero-order valence-electron chi connectivity index (χ0n) is 10.7. The fourth-order valence-electron chi connectivity index (χ4n) is 2.57. The van der Waals surface area contributed by atoms with Gasteiger partial charge in [0, 0.05) is 24.7 Å². The number of hydrogen-bond donors (Lipinski definition) is 0. The summed E-state index contributed by atoms with van der Waals surface area (Å²) in [5.74, 6) is 1.63. The Morgan fingerprint density at radius 2 is 2.00 bits per heavy atom. The molecular formula is C14H21ClN2. The molecular weight excluding hydrogens is 232 g/mol. The number of alkyl halides is 1. The average molecular weight is 253 g/mol. The number of aryl methyl sites for hydroxylation is 1. The topological polar surface area (TPSA) is 16.1 Å². The Kier molecular flexibility index (Phi) is 4.27. The lowest BCUT2D eigenvalue weighted by molar-refractivity contribution is 0.426. The van der Waals surface area contributed by atoms with E-state index in [9.17, 15) is 0 Å². The highest BCUT2D eigenvalue weighted by molar-refractivity contribution is 6.17. The molecule has 94 valence electrons. The van der Waals surface area contributed by atoms with Crippen LogP contribution in [0, 0.1) is 6.92 Å². The molecule has 0 amide bonds. The Morgan fingerprint density at radius 3 is 2.59 bits per heavy atom. The van der Waals surface area contributed by atoms with Crippen molar-refractivity contribution < 1.29 is 0 Å². The van der Waals surface area contributed by atoms with Crippen LogP contribution >= 0.6 is 11.6 Å². The highest BCUT2D eigenvalue weighted by Crippen LogP contribution is 2.25. The lowest BCUT2D eigenvalue weighted by atomic mass is 9.94. The molecule has 1 fully saturated rings. The summed E-state index contributed by atoms with van der Waals surface area (Å²) in [6.45, 7) is 2.04. The third-order valence-electron chi connectivity index (χ3n) is 3.81. The molecule has 1 aromatic rings. The lowest BCUT2D eigenvalue weighted by Crippen LogP contribution is -2.34. The molecule has 3 heteroatoms. The zero-order valence-corrected chi connectivity index (χ0v) is 11.5. The van der Waals surface area contributed by atoms with Crippen LogP contribution in [0.2, 0.25) is 0 Å². The molecule has 0 saturated heterocycles. The minimum Gasteiger partial charge on any atom is -0.357 e. The van der Waals surface area contributed by atoms with Crippen molar-refractivity contribution in [3.63, 3.8) is 0 Å². The summed E-state index contributed by atoms with van der Waals surface area (Å²) in [7, 11) is 2.16. The maximum absolute atomic E-state index is 5.86. The number of rotatable bonds is 3. The second kappa shape index (κ2) is 5.72. The Bertz CT molecular complexity index is 372. The lowest BCUT2D eigenvalue weighted by Gasteiger charge is -2.32. The average Bonchev–Trinajstić information content (AvgIpc) is 2.39. The molecule has 1 saturated carbocycles. The van der Waals surface area contributed by atoms with Gasteiger partial charge >= 0.3 is 0 Å². The predicted molar refractivity (Wildman–Crippen MR) is 73.8 cm³/mol. The van der Waals surface area contributed by atoms with E-state index in [0.29, 0.717) is 11.9 Å². The number of pyridine rings is 1. The Hall–Kier alpha value is -0.760. The Balaban J connectivity index is 2.12. The summed E-state index contributed by atoms with van der Waals surface area (Å²) in [6, 6.07) is 4.86. The monoisotopic (exact) mass is 252 g/mol. The van der Waals surface area contributed by atoms with Crippen molar-refractivity contribution in [3.05, 3.63) is 23.4 Å². The summed E-state index contributed by atoms with van der Waals surface area (Å²) >= 11 is 5.86. The molecule has 0 aromatic carbocycles. The standard InChI is InChI=1S/C14H21ClN2/c1-11-12(10-15)8-9-14(16-11)17(2)13-6-4-3-5-7-13/h8-9,13H,3-7,10H2,1-2H3. The van der Waals surface area contributed by atoms with E-state index in [-0.39, 0.29) is 0 Å². The van der Waals surface area contributed by atoms with E-state index in [1.165, 1.54) is 32.1 Å². The fourth-order valence-corrected chi connectivity index (χ4v) is 2.85. The summed E-state index contributed by atoms with van der Waals surface area (Å²) < 4.78 is 0. The van der Waals surface area contributed by atoms with Crippen LogP contribution in [0.4, 0.5) is 5.82 Å². The summed E-state index contributed by atoms with van der Waals surface area (Å²) in [5.41, 5.74) is 2.19. The van der Waals surface area contributed by atoms with Crippen LogP contribution in [0.5, 0.6) is 0 Å². The van der Waals surface area contributed by atoms with Crippen LogP contribution < -0.4 is 4.90 Å². The molecule has 0 radical (unpaired) electrons. The largest absolute Gasteiger partial charge is 0.357 e. The van der Waals surface area contributed by atoms with Crippen molar-refractivity contribution in [3.8, 4) is 0 Å². The van der Waals surface area contributed by atoms with E-state index in [0.717, 1.165) is 17.1 Å². The van der Waals surface area contributed by atoms with Crippen LogP contribution in [0.15, 0.2) is 12.1 Å². The molecule has 0 bridgehead atoms. The molecule has 1 aliphatic rings. The second-order valence-electron chi connectivity index (χ2n) is 4.95. The van der Waals surface area contributed by atoms with E-state index in [1.807, 2.05) is 6.92 Å². The van der Waals surface area contributed by atoms with Crippen LogP contribution in [-0.2, 0) is 5.88 Å². The van der Waals surface area contributed by atoms with E-state index in [4.69, 9.17) is 11.6 Å². The van der Waals surface area contributed by atoms with Gasteiger partial charge in [-0.05, 0) is 31.4 Å². The Morgan fingerprint density at radius 1 is 1.29 bits per heavy atom. The normalized spacial score (nSPS) is 17.1. The van der Waals surface area contributed by atoms with Crippen LogP contribution in [0.1, 0.15) is 43.4 Å². The highest BCUT2D eigenvalue weighted by Gasteiger charge is 2.19. The summed E-state index contributed by atoms with van der Waals surface area (Å²) in [6.07, 6.45) is 6.70. The van der Waals surface area contributed by atoms with Gasteiger partial charge in [-0.2, -0.15) is 0 Å². The van der Waals surface area contributed by atoms with Gasteiger partial charge in [0.15, 0.2) is 0 Å². The molecule has 0 N–H and O–H groups in total. The van der Waals surface area contributed by atoms with Gasteiger partial charge in [-0.1, -0.05) is 25.3 Å². The van der Waals surface area contributed by atoms with Crippen LogP contribution in [0.25, 0.3) is 0 Å². The molecule has 0 spiro atoms. The molecule has 1 aromatic heterocycles. The molecule has 17 heavy (non-hydrogen) atoms. The highest BCUT2D eigenvalue weighted by atomic mass is 35.5. The molecule has 1 aliphatic carbocycles. The SMILES string of the molecule is Cc1nc(N(C)C2CCCCC2)ccc1CCl. The first kappa shape index (κ1) is 12.7. The molecule has 0 atom stereocenters. The third-order valence-corrected chi connectivity index (χ3v) is 4.10. The number of anilines is 1. The minimum absolute atomic E-state index is 0.548.